The van der Waals surface area contributed by atoms with Gasteiger partial charge in [0, 0.05) is 24.6 Å². The number of nitrogens with two attached hydrogens (primary N) is 1. The maximum Gasteiger partial charge on any atom is 0.154 e. The van der Waals surface area contributed by atoms with Gasteiger partial charge in [-0.25, -0.2) is 4.68 Å². The average Bonchev–Trinajstić information content (AvgIpc) is 2.95. The van der Waals surface area contributed by atoms with E-state index in [2.05, 4.69) is 29.4 Å². The number of ether oxygens (including phenoxy) is 1. The summed E-state index contributed by atoms with van der Waals surface area (Å²) in [5, 5.41) is 12.0. The third-order valence-corrected chi connectivity index (χ3v) is 3.57. The Morgan fingerprint density at radius 1 is 1.19 bits per heavy atom. The highest BCUT2D eigenvalue weighted by Gasteiger charge is 2.15. The molecule has 2 rings (SSSR count). The zero-order valence-corrected chi connectivity index (χ0v) is 12.7. The quantitative estimate of drug-likeness (QED) is 0.597. The van der Waals surface area contributed by atoms with Crippen molar-refractivity contribution in [2.24, 2.45) is 0 Å². The van der Waals surface area contributed by atoms with Crippen LogP contribution in [0.2, 0.25) is 0 Å². The van der Waals surface area contributed by atoms with E-state index in [9.17, 15) is 0 Å². The van der Waals surface area contributed by atoms with Crippen LogP contribution in [0.1, 0.15) is 44.9 Å². The summed E-state index contributed by atoms with van der Waals surface area (Å²) in [4.78, 5) is 0. The van der Waals surface area contributed by atoms with Gasteiger partial charge in [0.05, 0.1) is 6.61 Å². The van der Waals surface area contributed by atoms with E-state index >= 15 is 0 Å². The standard InChI is InChI=1S/C15H23N5O/c1-3-12(4-2)15-17-18-19-20(15)10-5-11-21-14-8-6-13(16)7-9-14/h6-9,12H,3-5,10-11,16H2,1-2H3. The first kappa shape index (κ1) is 15.3. The molecule has 6 heteroatoms. The summed E-state index contributed by atoms with van der Waals surface area (Å²) in [6.07, 6.45) is 2.97. The van der Waals surface area contributed by atoms with Gasteiger partial charge in [-0.2, -0.15) is 0 Å². The molecule has 0 unspecified atom stereocenters. The second-order valence-corrected chi connectivity index (χ2v) is 5.04. The number of rotatable bonds is 8. The molecule has 0 amide bonds. The second kappa shape index (κ2) is 7.61. The molecule has 1 heterocycles. The van der Waals surface area contributed by atoms with Gasteiger partial charge < -0.3 is 10.5 Å². The maximum absolute atomic E-state index is 5.67. The number of nitrogen functional groups attached to an aromatic ring is 1. The van der Waals surface area contributed by atoms with Gasteiger partial charge in [-0.3, -0.25) is 0 Å². The molecule has 0 saturated heterocycles. The molecule has 0 bridgehead atoms. The van der Waals surface area contributed by atoms with Crippen LogP contribution >= 0.6 is 0 Å². The average molecular weight is 289 g/mol. The Hall–Kier alpha value is -2.11. The van der Waals surface area contributed by atoms with Crippen LogP contribution in [0, 0.1) is 0 Å². The molecule has 0 fully saturated rings. The van der Waals surface area contributed by atoms with Gasteiger partial charge in [-0.1, -0.05) is 13.8 Å². The smallest absolute Gasteiger partial charge is 0.154 e. The van der Waals surface area contributed by atoms with Crippen LogP contribution in [-0.4, -0.2) is 26.8 Å². The van der Waals surface area contributed by atoms with Crippen LogP contribution < -0.4 is 10.5 Å². The fourth-order valence-electron chi connectivity index (χ4n) is 2.29. The van der Waals surface area contributed by atoms with Gasteiger partial charge in [0.2, 0.25) is 0 Å². The van der Waals surface area contributed by atoms with Crippen molar-refractivity contribution >= 4 is 5.69 Å². The third-order valence-electron chi connectivity index (χ3n) is 3.57. The van der Waals surface area contributed by atoms with Crippen molar-refractivity contribution in [1.29, 1.82) is 0 Å². The highest BCUT2D eigenvalue weighted by Crippen LogP contribution is 2.20. The lowest BCUT2D eigenvalue weighted by Gasteiger charge is -2.12. The number of benzene rings is 1. The summed E-state index contributed by atoms with van der Waals surface area (Å²) < 4.78 is 7.57. The zero-order chi connectivity index (χ0) is 15.1. The van der Waals surface area contributed by atoms with Crippen LogP contribution in [-0.2, 0) is 6.54 Å². The van der Waals surface area contributed by atoms with Crippen LogP contribution in [0.25, 0.3) is 0 Å². The predicted molar refractivity (Wildman–Crippen MR) is 82.1 cm³/mol. The molecule has 21 heavy (non-hydrogen) atoms. The van der Waals surface area contributed by atoms with Crippen LogP contribution in [0.3, 0.4) is 0 Å². The Kier molecular flexibility index (Phi) is 5.54. The summed E-state index contributed by atoms with van der Waals surface area (Å²) in [5.74, 6) is 2.24. The van der Waals surface area contributed by atoms with Gasteiger partial charge in [0.1, 0.15) is 5.75 Å². The lowest BCUT2D eigenvalue weighted by Crippen LogP contribution is -2.12. The molecule has 0 spiro atoms. The van der Waals surface area contributed by atoms with E-state index in [1.54, 1.807) is 0 Å². The minimum absolute atomic E-state index is 0.429. The number of nitrogens with zero attached hydrogens (tertiary/aromatic N) is 4. The molecule has 0 aliphatic heterocycles. The van der Waals surface area contributed by atoms with Crippen molar-refractivity contribution in [3.8, 4) is 5.75 Å². The molecule has 0 atom stereocenters. The number of anilines is 1. The first-order chi connectivity index (χ1) is 10.2. The summed E-state index contributed by atoms with van der Waals surface area (Å²) in [6.45, 7) is 5.73. The zero-order valence-electron chi connectivity index (χ0n) is 12.7. The summed E-state index contributed by atoms with van der Waals surface area (Å²) in [6, 6.07) is 7.42. The molecular weight excluding hydrogens is 266 g/mol. The Morgan fingerprint density at radius 2 is 1.90 bits per heavy atom. The minimum atomic E-state index is 0.429. The Labute approximate surface area is 125 Å². The first-order valence-electron chi connectivity index (χ1n) is 7.49. The molecule has 1 aromatic carbocycles. The number of aryl methyl sites for hydroxylation is 1. The number of aromatic nitrogens is 4. The van der Waals surface area contributed by atoms with Crippen molar-refractivity contribution < 1.29 is 4.74 Å². The SMILES string of the molecule is CCC(CC)c1nnnn1CCCOc1ccc(N)cc1. The van der Waals surface area contributed by atoms with Crippen molar-refractivity contribution in [3.63, 3.8) is 0 Å². The third kappa shape index (κ3) is 4.18. The molecule has 0 saturated carbocycles. The fourth-order valence-corrected chi connectivity index (χ4v) is 2.29. The first-order valence-corrected chi connectivity index (χ1v) is 7.49. The molecule has 6 nitrogen and oxygen atoms in total. The van der Waals surface area contributed by atoms with E-state index in [-0.39, 0.29) is 0 Å². The molecule has 114 valence electrons. The lowest BCUT2D eigenvalue weighted by atomic mass is 10.0. The van der Waals surface area contributed by atoms with Crippen molar-refractivity contribution in [1.82, 2.24) is 20.2 Å². The lowest BCUT2D eigenvalue weighted by molar-refractivity contribution is 0.296. The van der Waals surface area contributed by atoms with E-state index < -0.39 is 0 Å². The normalized spacial score (nSPS) is 11.0. The van der Waals surface area contributed by atoms with Crippen LogP contribution in [0.15, 0.2) is 24.3 Å². The molecule has 0 aliphatic rings. The minimum Gasteiger partial charge on any atom is -0.494 e. The van der Waals surface area contributed by atoms with E-state index in [4.69, 9.17) is 10.5 Å². The molecule has 0 aliphatic carbocycles. The highest BCUT2D eigenvalue weighted by molar-refractivity contribution is 5.41. The van der Waals surface area contributed by atoms with Gasteiger partial charge in [-0.05, 0) is 47.5 Å². The molecule has 2 aromatic rings. The van der Waals surface area contributed by atoms with E-state index in [1.807, 2.05) is 28.9 Å². The van der Waals surface area contributed by atoms with Gasteiger partial charge in [0.25, 0.3) is 0 Å². The Bertz CT molecular complexity index is 533. The summed E-state index contributed by atoms with van der Waals surface area (Å²) >= 11 is 0. The summed E-state index contributed by atoms with van der Waals surface area (Å²) in [7, 11) is 0. The fraction of sp³-hybridized carbons (Fsp3) is 0.533. The van der Waals surface area contributed by atoms with Gasteiger partial charge >= 0.3 is 0 Å². The highest BCUT2D eigenvalue weighted by atomic mass is 16.5. The molecule has 0 radical (unpaired) electrons. The van der Waals surface area contributed by atoms with E-state index in [0.29, 0.717) is 12.5 Å². The topological polar surface area (TPSA) is 78.8 Å². The van der Waals surface area contributed by atoms with Crippen molar-refractivity contribution in [3.05, 3.63) is 30.1 Å². The largest absolute Gasteiger partial charge is 0.494 e. The van der Waals surface area contributed by atoms with Crippen molar-refractivity contribution in [2.45, 2.75) is 45.6 Å². The number of hydrogen-bond donors (Lipinski definition) is 1. The number of hydrogen-bond acceptors (Lipinski definition) is 5. The maximum atomic E-state index is 5.67. The van der Waals surface area contributed by atoms with Gasteiger partial charge in [0.15, 0.2) is 5.82 Å². The molecule has 2 N–H and O–H groups in total. The van der Waals surface area contributed by atoms with Crippen molar-refractivity contribution in [2.75, 3.05) is 12.3 Å². The Balaban J connectivity index is 1.81. The molecular formula is C15H23N5O. The Morgan fingerprint density at radius 3 is 2.57 bits per heavy atom. The predicted octanol–water partition coefficient (Wildman–Crippen LogP) is 2.63. The monoisotopic (exact) mass is 289 g/mol. The summed E-state index contributed by atoms with van der Waals surface area (Å²) in [5.41, 5.74) is 6.38. The van der Waals surface area contributed by atoms with E-state index in [0.717, 1.165) is 43.1 Å². The van der Waals surface area contributed by atoms with Gasteiger partial charge in [-0.15, -0.1) is 5.10 Å². The van der Waals surface area contributed by atoms with Crippen LogP contribution in [0.5, 0.6) is 5.75 Å². The molecule has 1 aromatic heterocycles. The van der Waals surface area contributed by atoms with Crippen LogP contribution in [0.4, 0.5) is 5.69 Å². The van der Waals surface area contributed by atoms with E-state index in [1.165, 1.54) is 0 Å². The second-order valence-electron chi connectivity index (χ2n) is 5.04. The number of tetrazole rings is 1.